The Morgan fingerprint density at radius 2 is 1.82 bits per heavy atom. The maximum atomic E-state index is 13.9. The van der Waals surface area contributed by atoms with E-state index in [0.717, 1.165) is 12.1 Å². The van der Waals surface area contributed by atoms with E-state index < -0.39 is 48.8 Å². The largest absolute Gasteiger partial charge is 0.394 e. The quantitative estimate of drug-likeness (QED) is 0.454. The monoisotopic (exact) mass is 392 g/mol. The SMILES string of the molecule is OC[C@H]1O[C@H](c2cccc(-c3nc4c(F)cc(F)cc4[nH]3)c2)[C@@H](O)[C@@H](O)[C@@H]1O. The van der Waals surface area contributed by atoms with Crippen LogP contribution in [0.2, 0.25) is 0 Å². The average molecular weight is 392 g/mol. The zero-order valence-electron chi connectivity index (χ0n) is 14.5. The Morgan fingerprint density at radius 3 is 2.57 bits per heavy atom. The molecule has 0 unspecified atom stereocenters. The van der Waals surface area contributed by atoms with E-state index in [1.807, 2.05) is 0 Å². The van der Waals surface area contributed by atoms with Crippen LogP contribution >= 0.6 is 0 Å². The first-order valence-electron chi connectivity index (χ1n) is 8.64. The predicted molar refractivity (Wildman–Crippen MR) is 94.2 cm³/mol. The number of ether oxygens (including phenoxy) is 1. The smallest absolute Gasteiger partial charge is 0.153 e. The fourth-order valence-electron chi connectivity index (χ4n) is 3.42. The first-order valence-corrected chi connectivity index (χ1v) is 8.64. The van der Waals surface area contributed by atoms with Gasteiger partial charge < -0.3 is 30.1 Å². The second-order valence-corrected chi connectivity index (χ2v) is 6.74. The van der Waals surface area contributed by atoms with Gasteiger partial charge >= 0.3 is 0 Å². The van der Waals surface area contributed by atoms with Crippen LogP contribution in [-0.2, 0) is 4.74 Å². The number of aliphatic hydroxyl groups excluding tert-OH is 4. The van der Waals surface area contributed by atoms with Crippen molar-refractivity contribution in [3.63, 3.8) is 0 Å². The van der Waals surface area contributed by atoms with Gasteiger partial charge in [0, 0.05) is 11.6 Å². The molecular weight excluding hydrogens is 374 g/mol. The third kappa shape index (κ3) is 3.17. The molecule has 0 saturated carbocycles. The Kier molecular flexibility index (Phi) is 4.86. The number of aromatic amines is 1. The van der Waals surface area contributed by atoms with Crippen molar-refractivity contribution in [1.82, 2.24) is 9.97 Å². The molecule has 1 fully saturated rings. The van der Waals surface area contributed by atoms with Crippen LogP contribution in [0, 0.1) is 11.6 Å². The molecular formula is C19H18F2N2O5. The van der Waals surface area contributed by atoms with E-state index in [-0.39, 0.29) is 16.9 Å². The minimum atomic E-state index is -1.50. The van der Waals surface area contributed by atoms with Crippen molar-refractivity contribution >= 4 is 11.0 Å². The summed E-state index contributed by atoms with van der Waals surface area (Å²) in [6.07, 6.45) is -6.41. The summed E-state index contributed by atoms with van der Waals surface area (Å²) >= 11 is 0. The topological polar surface area (TPSA) is 119 Å². The van der Waals surface area contributed by atoms with E-state index in [2.05, 4.69) is 9.97 Å². The van der Waals surface area contributed by atoms with Crippen LogP contribution in [0.15, 0.2) is 36.4 Å². The number of hydrogen-bond acceptors (Lipinski definition) is 6. The Labute approximate surface area is 157 Å². The van der Waals surface area contributed by atoms with E-state index in [1.54, 1.807) is 24.3 Å². The molecule has 0 amide bonds. The van der Waals surface area contributed by atoms with Gasteiger partial charge in [-0.05, 0) is 17.7 Å². The lowest BCUT2D eigenvalue weighted by Crippen LogP contribution is -2.55. The molecule has 0 aliphatic carbocycles. The zero-order valence-corrected chi connectivity index (χ0v) is 14.5. The maximum absolute atomic E-state index is 13.9. The molecule has 9 heteroatoms. The number of imidazole rings is 1. The van der Waals surface area contributed by atoms with Crippen LogP contribution in [0.25, 0.3) is 22.4 Å². The normalized spacial score (nSPS) is 28.0. The molecule has 0 radical (unpaired) electrons. The molecule has 1 aromatic heterocycles. The average Bonchev–Trinajstić information content (AvgIpc) is 3.11. The fourth-order valence-corrected chi connectivity index (χ4v) is 3.42. The number of benzene rings is 2. The minimum Gasteiger partial charge on any atom is -0.394 e. The summed E-state index contributed by atoms with van der Waals surface area (Å²) in [6.45, 7) is -0.532. The highest BCUT2D eigenvalue weighted by molar-refractivity contribution is 5.80. The summed E-state index contributed by atoms with van der Waals surface area (Å²) in [5, 5.41) is 39.5. The van der Waals surface area contributed by atoms with Gasteiger partial charge in [-0.15, -0.1) is 0 Å². The van der Waals surface area contributed by atoms with Gasteiger partial charge in [-0.2, -0.15) is 0 Å². The molecule has 5 N–H and O–H groups in total. The van der Waals surface area contributed by atoms with Crippen molar-refractivity contribution < 1.29 is 33.9 Å². The number of H-pyrrole nitrogens is 1. The Hall–Kier alpha value is -2.43. The van der Waals surface area contributed by atoms with E-state index >= 15 is 0 Å². The molecule has 1 aliphatic heterocycles. The van der Waals surface area contributed by atoms with Crippen molar-refractivity contribution in [2.45, 2.75) is 30.5 Å². The summed E-state index contributed by atoms with van der Waals surface area (Å²) in [6, 6.07) is 8.46. The van der Waals surface area contributed by atoms with Crippen LogP contribution in [0.3, 0.4) is 0 Å². The Balaban J connectivity index is 1.71. The fraction of sp³-hybridized carbons (Fsp3) is 0.316. The molecule has 148 valence electrons. The minimum absolute atomic E-state index is 0.00496. The molecule has 2 heterocycles. The molecule has 5 atom stereocenters. The van der Waals surface area contributed by atoms with Crippen molar-refractivity contribution in [1.29, 1.82) is 0 Å². The molecule has 4 rings (SSSR count). The number of hydrogen-bond donors (Lipinski definition) is 5. The van der Waals surface area contributed by atoms with E-state index in [4.69, 9.17) is 4.74 Å². The van der Waals surface area contributed by atoms with Crippen LogP contribution in [0.1, 0.15) is 11.7 Å². The van der Waals surface area contributed by atoms with E-state index in [9.17, 15) is 29.2 Å². The van der Waals surface area contributed by atoms with Gasteiger partial charge in [-0.25, -0.2) is 13.8 Å². The summed E-state index contributed by atoms with van der Waals surface area (Å²) in [5.41, 5.74) is 1.17. The number of nitrogens with one attached hydrogen (secondary N) is 1. The number of aliphatic hydroxyl groups is 4. The van der Waals surface area contributed by atoms with Gasteiger partial charge in [-0.1, -0.05) is 18.2 Å². The van der Waals surface area contributed by atoms with Gasteiger partial charge in [-0.3, -0.25) is 0 Å². The lowest BCUT2D eigenvalue weighted by molar-refractivity contribution is -0.231. The van der Waals surface area contributed by atoms with E-state index in [1.165, 1.54) is 0 Å². The lowest BCUT2D eigenvalue weighted by atomic mass is 9.90. The Morgan fingerprint density at radius 1 is 1.04 bits per heavy atom. The third-order valence-corrected chi connectivity index (χ3v) is 4.89. The van der Waals surface area contributed by atoms with Crippen LogP contribution < -0.4 is 0 Å². The van der Waals surface area contributed by atoms with Crippen molar-refractivity contribution in [2.24, 2.45) is 0 Å². The number of halogens is 2. The summed E-state index contributed by atoms with van der Waals surface area (Å²) in [5.74, 6) is -1.23. The first kappa shape index (κ1) is 18.9. The standard InChI is InChI=1S/C19H18F2N2O5/c20-10-5-11(21)14-12(6-10)22-19(23-14)9-3-1-2-8(4-9)18-17(27)16(26)15(25)13(7-24)28-18/h1-6,13,15-18,24-27H,7H2,(H,22,23)/t13-,15-,16+,17+,18-/m1/s1. The van der Waals surface area contributed by atoms with Gasteiger partial charge in [0.25, 0.3) is 0 Å². The molecule has 28 heavy (non-hydrogen) atoms. The van der Waals surface area contributed by atoms with Gasteiger partial charge in [0.05, 0.1) is 12.1 Å². The van der Waals surface area contributed by atoms with Crippen molar-refractivity contribution in [3.05, 3.63) is 53.6 Å². The first-order chi connectivity index (χ1) is 13.4. The highest BCUT2D eigenvalue weighted by Crippen LogP contribution is 2.34. The lowest BCUT2D eigenvalue weighted by Gasteiger charge is -2.40. The number of rotatable bonds is 3. The molecule has 1 aliphatic rings. The zero-order chi connectivity index (χ0) is 20.0. The second-order valence-electron chi connectivity index (χ2n) is 6.74. The molecule has 0 bridgehead atoms. The third-order valence-electron chi connectivity index (χ3n) is 4.89. The number of aromatic nitrogens is 2. The summed E-state index contributed by atoms with van der Waals surface area (Å²) < 4.78 is 32.9. The molecule has 3 aromatic rings. The summed E-state index contributed by atoms with van der Waals surface area (Å²) in [4.78, 5) is 7.00. The molecule has 2 aromatic carbocycles. The Bertz CT molecular complexity index is 1010. The number of nitrogens with zero attached hydrogens (tertiary/aromatic N) is 1. The van der Waals surface area contributed by atoms with Crippen molar-refractivity contribution in [3.8, 4) is 11.4 Å². The van der Waals surface area contributed by atoms with Gasteiger partial charge in [0.2, 0.25) is 0 Å². The predicted octanol–water partition coefficient (Wildman–Crippen LogP) is 1.02. The van der Waals surface area contributed by atoms with Crippen molar-refractivity contribution in [2.75, 3.05) is 6.61 Å². The number of fused-ring (bicyclic) bond motifs is 1. The van der Waals surface area contributed by atoms with Crippen LogP contribution in [0.4, 0.5) is 8.78 Å². The van der Waals surface area contributed by atoms with E-state index in [0.29, 0.717) is 11.1 Å². The van der Waals surface area contributed by atoms with Gasteiger partial charge in [0.1, 0.15) is 47.7 Å². The maximum Gasteiger partial charge on any atom is 0.153 e. The van der Waals surface area contributed by atoms with Crippen LogP contribution in [-0.4, -0.2) is 61.4 Å². The highest BCUT2D eigenvalue weighted by Gasteiger charge is 2.43. The molecule has 1 saturated heterocycles. The van der Waals surface area contributed by atoms with Crippen LogP contribution in [0.5, 0.6) is 0 Å². The highest BCUT2D eigenvalue weighted by atomic mass is 19.1. The van der Waals surface area contributed by atoms with Gasteiger partial charge in [0.15, 0.2) is 5.82 Å². The molecule has 7 nitrogen and oxygen atoms in total. The molecule has 0 spiro atoms. The second kappa shape index (κ2) is 7.19. The summed E-state index contributed by atoms with van der Waals surface area (Å²) in [7, 11) is 0.